The molecule has 0 fully saturated rings. The molecule has 1 nitrogen and oxygen atoms in total. The van der Waals surface area contributed by atoms with Gasteiger partial charge < -0.3 is 5.11 Å². The Morgan fingerprint density at radius 2 is 1.73 bits per heavy atom. The number of alkyl halides is 3. The van der Waals surface area contributed by atoms with Crippen LogP contribution >= 0.6 is 0 Å². The van der Waals surface area contributed by atoms with Crippen LogP contribution in [0.2, 0.25) is 0 Å². The molecule has 2 unspecified atom stereocenters. The van der Waals surface area contributed by atoms with Gasteiger partial charge in [-0.15, -0.1) is 0 Å². The smallest absolute Gasteiger partial charge is 0.380 e. The minimum Gasteiger partial charge on any atom is -0.380 e. The zero-order chi connectivity index (χ0) is 9.28. The zero-order valence-electron chi connectivity index (χ0n) is 6.87. The van der Waals surface area contributed by atoms with Gasteiger partial charge in [-0.3, -0.25) is 0 Å². The van der Waals surface area contributed by atoms with E-state index in [0.717, 1.165) is 6.92 Å². The van der Waals surface area contributed by atoms with Crippen molar-refractivity contribution in [3.8, 4) is 0 Å². The third-order valence-electron chi connectivity index (χ3n) is 2.15. The molecule has 0 bridgehead atoms. The molecule has 0 spiro atoms. The van der Waals surface area contributed by atoms with E-state index in [1.165, 1.54) is 6.92 Å². The van der Waals surface area contributed by atoms with Gasteiger partial charge in [-0.1, -0.05) is 20.3 Å². The number of aliphatic hydroxyl groups is 1. The predicted octanol–water partition coefficient (Wildman–Crippen LogP) is 2.35. The Bertz CT molecular complexity index is 128. The lowest BCUT2D eigenvalue weighted by molar-refractivity contribution is -0.270. The van der Waals surface area contributed by atoms with Gasteiger partial charge in [0.2, 0.25) is 0 Å². The van der Waals surface area contributed by atoms with Gasteiger partial charge in [0.25, 0.3) is 0 Å². The van der Waals surface area contributed by atoms with Crippen molar-refractivity contribution >= 4 is 0 Å². The summed E-state index contributed by atoms with van der Waals surface area (Å²) in [5.41, 5.74) is -2.55. The Morgan fingerprint density at radius 1 is 1.36 bits per heavy atom. The van der Waals surface area contributed by atoms with Crippen molar-refractivity contribution in [2.45, 2.75) is 39.0 Å². The van der Waals surface area contributed by atoms with E-state index in [2.05, 4.69) is 0 Å². The number of hydrogen-bond acceptors (Lipinski definition) is 1. The summed E-state index contributed by atoms with van der Waals surface area (Å²) in [4.78, 5) is 0. The van der Waals surface area contributed by atoms with E-state index in [1.807, 2.05) is 0 Å². The van der Waals surface area contributed by atoms with Gasteiger partial charge in [-0.2, -0.15) is 13.2 Å². The summed E-state index contributed by atoms with van der Waals surface area (Å²) in [6.45, 7) is 3.81. The van der Waals surface area contributed by atoms with Crippen LogP contribution in [0.3, 0.4) is 0 Å². The summed E-state index contributed by atoms with van der Waals surface area (Å²) in [5, 5.41) is 8.99. The van der Waals surface area contributed by atoms with E-state index in [-0.39, 0.29) is 0 Å². The molecular weight excluding hydrogens is 157 g/mol. The third kappa shape index (κ3) is 2.09. The van der Waals surface area contributed by atoms with Gasteiger partial charge in [-0.05, 0) is 12.8 Å². The van der Waals surface area contributed by atoms with Crippen LogP contribution in [-0.2, 0) is 0 Å². The van der Waals surface area contributed by atoms with Crippen LogP contribution < -0.4 is 0 Å². The highest BCUT2D eigenvalue weighted by Crippen LogP contribution is 2.36. The maximum Gasteiger partial charge on any atom is 0.417 e. The average molecular weight is 170 g/mol. The highest BCUT2D eigenvalue weighted by Gasteiger charge is 2.52. The SMILES string of the molecule is CCC(C)C(C)(O)C(F)(F)F. The Hall–Kier alpha value is -0.250. The van der Waals surface area contributed by atoms with Gasteiger partial charge >= 0.3 is 6.18 Å². The minimum atomic E-state index is -4.53. The molecule has 0 amide bonds. The summed E-state index contributed by atoms with van der Waals surface area (Å²) in [5.74, 6) is -0.762. The first kappa shape index (κ1) is 10.8. The standard InChI is InChI=1S/C7H13F3O/c1-4-5(2)6(3,11)7(8,9)10/h5,11H,4H2,1-3H3. The van der Waals surface area contributed by atoms with Gasteiger partial charge in [0, 0.05) is 0 Å². The molecule has 0 saturated carbocycles. The van der Waals surface area contributed by atoms with Crippen molar-refractivity contribution in [2.24, 2.45) is 5.92 Å². The summed E-state index contributed by atoms with van der Waals surface area (Å²) >= 11 is 0. The van der Waals surface area contributed by atoms with E-state index in [9.17, 15) is 13.2 Å². The van der Waals surface area contributed by atoms with Gasteiger partial charge in [0.05, 0.1) is 0 Å². The van der Waals surface area contributed by atoms with E-state index in [1.54, 1.807) is 6.92 Å². The quantitative estimate of drug-likeness (QED) is 0.674. The lowest BCUT2D eigenvalue weighted by atomic mass is 9.88. The first-order valence-corrected chi connectivity index (χ1v) is 3.52. The second-order valence-electron chi connectivity index (χ2n) is 2.95. The zero-order valence-corrected chi connectivity index (χ0v) is 6.87. The van der Waals surface area contributed by atoms with Crippen LogP contribution in [0.4, 0.5) is 13.2 Å². The van der Waals surface area contributed by atoms with Crippen molar-refractivity contribution in [1.29, 1.82) is 0 Å². The molecule has 11 heavy (non-hydrogen) atoms. The second-order valence-corrected chi connectivity index (χ2v) is 2.95. The van der Waals surface area contributed by atoms with Gasteiger partial charge in [-0.25, -0.2) is 0 Å². The fraction of sp³-hybridized carbons (Fsp3) is 1.00. The molecule has 0 radical (unpaired) electrons. The van der Waals surface area contributed by atoms with Crippen molar-refractivity contribution in [3.63, 3.8) is 0 Å². The maximum atomic E-state index is 12.0. The topological polar surface area (TPSA) is 20.2 Å². The van der Waals surface area contributed by atoms with E-state index >= 15 is 0 Å². The summed E-state index contributed by atoms with van der Waals surface area (Å²) in [6.07, 6.45) is -4.21. The second kappa shape index (κ2) is 3.01. The van der Waals surface area contributed by atoms with Gasteiger partial charge in [0.15, 0.2) is 5.60 Å². The molecule has 0 aliphatic carbocycles. The molecule has 1 N–H and O–H groups in total. The highest BCUT2D eigenvalue weighted by atomic mass is 19.4. The third-order valence-corrected chi connectivity index (χ3v) is 2.15. The molecule has 68 valence electrons. The number of halogens is 3. The Balaban J connectivity index is 4.45. The van der Waals surface area contributed by atoms with Crippen LogP contribution in [0.15, 0.2) is 0 Å². The maximum absolute atomic E-state index is 12.0. The van der Waals surface area contributed by atoms with Gasteiger partial charge in [0.1, 0.15) is 0 Å². The Labute approximate surface area is 64.2 Å². The van der Waals surface area contributed by atoms with Crippen LogP contribution in [0.1, 0.15) is 27.2 Å². The molecule has 0 rings (SSSR count). The molecule has 0 aliphatic rings. The van der Waals surface area contributed by atoms with Crippen molar-refractivity contribution in [2.75, 3.05) is 0 Å². The lowest BCUT2D eigenvalue weighted by Gasteiger charge is -2.31. The molecule has 4 heteroatoms. The Morgan fingerprint density at radius 3 is 1.82 bits per heavy atom. The van der Waals surface area contributed by atoms with E-state index in [4.69, 9.17) is 5.11 Å². The van der Waals surface area contributed by atoms with Crippen molar-refractivity contribution < 1.29 is 18.3 Å². The van der Waals surface area contributed by atoms with E-state index < -0.39 is 17.7 Å². The summed E-state index contributed by atoms with van der Waals surface area (Å²) < 4.78 is 36.1. The number of rotatable bonds is 2. The van der Waals surface area contributed by atoms with Crippen LogP contribution in [0.25, 0.3) is 0 Å². The molecule has 0 aromatic heterocycles. The summed E-state index contributed by atoms with van der Waals surface area (Å²) in [6, 6.07) is 0. The van der Waals surface area contributed by atoms with Crippen LogP contribution in [-0.4, -0.2) is 16.9 Å². The molecule has 2 atom stereocenters. The molecule has 0 aliphatic heterocycles. The first-order chi connectivity index (χ1) is 4.73. The fourth-order valence-electron chi connectivity index (χ4n) is 0.677. The van der Waals surface area contributed by atoms with Crippen LogP contribution in [0.5, 0.6) is 0 Å². The highest BCUT2D eigenvalue weighted by molar-refractivity contribution is 4.85. The van der Waals surface area contributed by atoms with Crippen molar-refractivity contribution in [3.05, 3.63) is 0 Å². The molecule has 0 aromatic carbocycles. The first-order valence-electron chi connectivity index (χ1n) is 3.52. The average Bonchev–Trinajstić information content (AvgIpc) is 1.83. The van der Waals surface area contributed by atoms with Crippen LogP contribution in [0, 0.1) is 5.92 Å². The van der Waals surface area contributed by atoms with E-state index in [0.29, 0.717) is 6.42 Å². The number of hydrogen-bond donors (Lipinski definition) is 1. The Kier molecular flexibility index (Phi) is 2.94. The normalized spacial score (nSPS) is 21.0. The monoisotopic (exact) mass is 170 g/mol. The molecule has 0 saturated heterocycles. The fourth-order valence-corrected chi connectivity index (χ4v) is 0.677. The van der Waals surface area contributed by atoms with Crippen molar-refractivity contribution in [1.82, 2.24) is 0 Å². The lowest BCUT2D eigenvalue weighted by Crippen LogP contribution is -2.47. The molecular formula is C7H13F3O. The predicted molar refractivity (Wildman–Crippen MR) is 36.1 cm³/mol. The molecule has 0 heterocycles. The minimum absolute atomic E-state index is 0.312. The largest absolute Gasteiger partial charge is 0.417 e. The summed E-state index contributed by atoms with van der Waals surface area (Å²) in [7, 11) is 0. The molecule has 0 aromatic rings.